The lowest BCUT2D eigenvalue weighted by molar-refractivity contribution is -0.384. The number of piperidine rings is 1. The summed E-state index contributed by atoms with van der Waals surface area (Å²) < 4.78 is 4.92. The van der Waals surface area contributed by atoms with Gasteiger partial charge in [-0.1, -0.05) is 11.6 Å². The molecule has 1 aliphatic rings. The molecule has 3 amide bonds. The van der Waals surface area contributed by atoms with E-state index < -0.39 is 22.8 Å². The Morgan fingerprint density at radius 2 is 1.96 bits per heavy atom. The normalized spacial score (nSPS) is 14.4. The zero-order valence-corrected chi connectivity index (χ0v) is 15.3. The zero-order chi connectivity index (χ0) is 20.0. The standard InChI is InChI=1S/C16H19ClN4O6/c1-2-27-16(24)20-7-5-10(6-8-20)18-14(22)15(23)19-13-9-11(21(25)26)3-4-12(13)17/h3-4,9-10H,2,5-8H2,1H3,(H,18,22)(H,19,23). The summed E-state index contributed by atoms with van der Waals surface area (Å²) in [7, 11) is 0. The monoisotopic (exact) mass is 398 g/mol. The van der Waals surface area contributed by atoms with E-state index in [1.807, 2.05) is 0 Å². The predicted molar refractivity (Wildman–Crippen MR) is 96.5 cm³/mol. The highest BCUT2D eigenvalue weighted by Gasteiger charge is 2.26. The Kier molecular flexibility index (Phi) is 6.94. The van der Waals surface area contributed by atoms with Crippen LogP contribution in [0.4, 0.5) is 16.2 Å². The number of non-ortho nitro benzene ring substituents is 1. The van der Waals surface area contributed by atoms with Crippen molar-refractivity contribution in [2.75, 3.05) is 25.0 Å². The van der Waals surface area contributed by atoms with Crippen molar-refractivity contribution in [2.45, 2.75) is 25.8 Å². The van der Waals surface area contributed by atoms with Gasteiger partial charge in [-0.25, -0.2) is 4.79 Å². The molecular formula is C16H19ClN4O6. The van der Waals surface area contributed by atoms with Gasteiger partial charge in [-0.05, 0) is 25.8 Å². The molecule has 0 spiro atoms. The molecule has 10 nitrogen and oxygen atoms in total. The number of ether oxygens (including phenoxy) is 1. The van der Waals surface area contributed by atoms with Gasteiger partial charge in [0, 0.05) is 31.3 Å². The number of carbonyl (C=O) groups excluding carboxylic acids is 3. The van der Waals surface area contributed by atoms with Crippen LogP contribution in [-0.4, -0.2) is 53.5 Å². The van der Waals surface area contributed by atoms with Crippen molar-refractivity contribution >= 4 is 40.9 Å². The fraction of sp³-hybridized carbons (Fsp3) is 0.438. The van der Waals surface area contributed by atoms with Gasteiger partial charge in [0.1, 0.15) is 0 Å². The molecule has 0 saturated carbocycles. The van der Waals surface area contributed by atoms with E-state index in [1.165, 1.54) is 17.0 Å². The summed E-state index contributed by atoms with van der Waals surface area (Å²) in [6.45, 7) is 2.82. The fourth-order valence-corrected chi connectivity index (χ4v) is 2.74. The molecule has 2 N–H and O–H groups in total. The lowest BCUT2D eigenvalue weighted by Gasteiger charge is -2.31. The summed E-state index contributed by atoms with van der Waals surface area (Å²) in [6.07, 6.45) is 0.561. The maximum Gasteiger partial charge on any atom is 0.409 e. The topological polar surface area (TPSA) is 131 Å². The second-order valence-corrected chi connectivity index (χ2v) is 6.22. The number of hydrogen-bond acceptors (Lipinski definition) is 6. The first-order chi connectivity index (χ1) is 12.8. The van der Waals surface area contributed by atoms with Crippen LogP contribution in [0.5, 0.6) is 0 Å². The van der Waals surface area contributed by atoms with Crippen molar-refractivity contribution in [1.82, 2.24) is 10.2 Å². The van der Waals surface area contributed by atoms with Gasteiger partial charge in [-0.3, -0.25) is 19.7 Å². The zero-order valence-electron chi connectivity index (χ0n) is 14.6. The molecule has 0 unspecified atom stereocenters. The van der Waals surface area contributed by atoms with E-state index in [0.29, 0.717) is 25.9 Å². The Balaban J connectivity index is 1.88. The predicted octanol–water partition coefficient (Wildman–Crippen LogP) is 1.92. The summed E-state index contributed by atoms with van der Waals surface area (Å²) in [5, 5.41) is 15.7. The highest BCUT2D eigenvalue weighted by molar-refractivity contribution is 6.41. The molecule has 0 radical (unpaired) electrons. The SMILES string of the molecule is CCOC(=O)N1CCC(NC(=O)C(=O)Nc2cc([N+](=O)[O-])ccc2Cl)CC1. The van der Waals surface area contributed by atoms with Gasteiger partial charge < -0.3 is 20.3 Å². The smallest absolute Gasteiger partial charge is 0.409 e. The van der Waals surface area contributed by atoms with Gasteiger partial charge in [0.2, 0.25) is 0 Å². The van der Waals surface area contributed by atoms with Crippen molar-refractivity contribution in [1.29, 1.82) is 0 Å². The number of anilines is 1. The third-order valence-electron chi connectivity index (χ3n) is 3.97. The van der Waals surface area contributed by atoms with E-state index in [4.69, 9.17) is 16.3 Å². The van der Waals surface area contributed by atoms with Crippen molar-refractivity contribution in [3.8, 4) is 0 Å². The first-order valence-electron chi connectivity index (χ1n) is 8.29. The second-order valence-electron chi connectivity index (χ2n) is 5.81. The van der Waals surface area contributed by atoms with Crippen LogP contribution in [0.25, 0.3) is 0 Å². The van der Waals surface area contributed by atoms with Gasteiger partial charge in [0.05, 0.1) is 22.2 Å². The molecule has 1 aromatic rings. The quantitative estimate of drug-likeness (QED) is 0.452. The van der Waals surface area contributed by atoms with Crippen LogP contribution in [0.3, 0.4) is 0 Å². The fourth-order valence-electron chi connectivity index (χ4n) is 2.57. The Bertz CT molecular complexity index is 748. The molecule has 11 heteroatoms. The van der Waals surface area contributed by atoms with E-state index in [9.17, 15) is 24.5 Å². The number of rotatable bonds is 4. The number of likely N-dealkylation sites (tertiary alicyclic amines) is 1. The number of carbonyl (C=O) groups is 3. The molecule has 1 fully saturated rings. The molecule has 0 atom stereocenters. The minimum atomic E-state index is -0.981. The van der Waals surface area contributed by atoms with Crippen LogP contribution in [0.15, 0.2) is 18.2 Å². The summed E-state index contributed by atoms with van der Waals surface area (Å²) in [5.74, 6) is -1.86. The summed E-state index contributed by atoms with van der Waals surface area (Å²) in [6, 6.07) is 3.26. The minimum absolute atomic E-state index is 0.0249. The largest absolute Gasteiger partial charge is 0.450 e. The Hall–Kier alpha value is -2.88. The molecule has 0 aromatic heterocycles. The molecule has 0 bridgehead atoms. The Morgan fingerprint density at radius 1 is 1.30 bits per heavy atom. The molecular weight excluding hydrogens is 380 g/mol. The van der Waals surface area contributed by atoms with Gasteiger partial charge in [0.15, 0.2) is 0 Å². The van der Waals surface area contributed by atoms with Crippen molar-refractivity contribution < 1.29 is 24.0 Å². The number of nitrogens with one attached hydrogen (secondary N) is 2. The molecule has 1 aliphatic heterocycles. The molecule has 2 rings (SSSR count). The molecule has 146 valence electrons. The molecule has 1 heterocycles. The number of nitro benzene ring substituents is 1. The van der Waals surface area contributed by atoms with E-state index in [1.54, 1.807) is 6.92 Å². The number of halogens is 1. The highest BCUT2D eigenvalue weighted by atomic mass is 35.5. The van der Waals surface area contributed by atoms with Crippen molar-refractivity contribution in [3.05, 3.63) is 33.3 Å². The third-order valence-corrected chi connectivity index (χ3v) is 4.30. The van der Waals surface area contributed by atoms with Crippen LogP contribution in [0, 0.1) is 10.1 Å². The lowest BCUT2D eigenvalue weighted by Crippen LogP contribution is -2.49. The maximum atomic E-state index is 12.1. The Labute approximate surface area is 159 Å². The van der Waals surface area contributed by atoms with E-state index in [-0.39, 0.29) is 29.0 Å². The number of nitro groups is 1. The van der Waals surface area contributed by atoms with Gasteiger partial charge in [-0.15, -0.1) is 0 Å². The van der Waals surface area contributed by atoms with Crippen LogP contribution >= 0.6 is 11.6 Å². The number of nitrogens with zero attached hydrogens (tertiary/aromatic N) is 2. The highest BCUT2D eigenvalue weighted by Crippen LogP contribution is 2.26. The van der Waals surface area contributed by atoms with E-state index in [0.717, 1.165) is 6.07 Å². The lowest BCUT2D eigenvalue weighted by atomic mass is 10.1. The number of hydrogen-bond donors (Lipinski definition) is 2. The van der Waals surface area contributed by atoms with Crippen molar-refractivity contribution in [2.24, 2.45) is 0 Å². The minimum Gasteiger partial charge on any atom is -0.450 e. The van der Waals surface area contributed by atoms with Gasteiger partial charge in [0.25, 0.3) is 5.69 Å². The maximum absolute atomic E-state index is 12.1. The molecule has 1 aromatic carbocycles. The average molecular weight is 399 g/mol. The average Bonchev–Trinajstić information content (AvgIpc) is 2.64. The van der Waals surface area contributed by atoms with Crippen LogP contribution < -0.4 is 10.6 Å². The summed E-state index contributed by atoms with van der Waals surface area (Å²) >= 11 is 5.89. The second kappa shape index (κ2) is 9.17. The first-order valence-corrected chi connectivity index (χ1v) is 8.67. The first kappa shape index (κ1) is 20.4. The van der Waals surface area contributed by atoms with Crippen LogP contribution in [-0.2, 0) is 14.3 Å². The van der Waals surface area contributed by atoms with Gasteiger partial charge in [-0.2, -0.15) is 0 Å². The van der Waals surface area contributed by atoms with Crippen molar-refractivity contribution in [3.63, 3.8) is 0 Å². The van der Waals surface area contributed by atoms with Gasteiger partial charge >= 0.3 is 17.9 Å². The number of benzene rings is 1. The molecule has 1 saturated heterocycles. The van der Waals surface area contributed by atoms with E-state index in [2.05, 4.69) is 10.6 Å². The summed E-state index contributed by atoms with van der Waals surface area (Å²) in [4.78, 5) is 47.4. The summed E-state index contributed by atoms with van der Waals surface area (Å²) in [5.41, 5.74) is -0.287. The van der Waals surface area contributed by atoms with Crippen LogP contribution in [0.1, 0.15) is 19.8 Å². The number of amides is 3. The molecule has 27 heavy (non-hydrogen) atoms. The third kappa shape index (κ3) is 5.55. The van der Waals surface area contributed by atoms with E-state index >= 15 is 0 Å². The van der Waals surface area contributed by atoms with Crippen LogP contribution in [0.2, 0.25) is 5.02 Å². The Morgan fingerprint density at radius 3 is 2.56 bits per heavy atom. The molecule has 0 aliphatic carbocycles.